The first-order chi connectivity index (χ1) is 11.1. The predicted octanol–water partition coefficient (Wildman–Crippen LogP) is -1.38. The molecule has 2 aromatic rings. The van der Waals surface area contributed by atoms with Crippen molar-refractivity contribution < 1.29 is 38.3 Å². The molecule has 0 unspecified atom stereocenters. The van der Waals surface area contributed by atoms with Gasteiger partial charge in [0.05, 0.1) is 12.0 Å². The Morgan fingerprint density at radius 2 is 1.50 bits per heavy atom. The quantitative estimate of drug-likeness (QED) is 0.616. The summed E-state index contributed by atoms with van der Waals surface area (Å²) in [7, 11) is 1.40. The van der Waals surface area contributed by atoms with E-state index < -0.39 is 18.1 Å². The molecule has 1 amide bonds. The number of carboxylic acid groups (broad SMARTS) is 1. The summed E-state index contributed by atoms with van der Waals surface area (Å²) in [6, 6.07) is 17.2. The van der Waals surface area contributed by atoms with Crippen molar-refractivity contribution in [2.45, 2.75) is 19.1 Å². The maximum absolute atomic E-state index is 12.1. The number of rotatable bonds is 6. The van der Waals surface area contributed by atoms with Crippen LogP contribution in [-0.2, 0) is 22.6 Å². The van der Waals surface area contributed by atoms with Crippen LogP contribution in [-0.4, -0.2) is 30.1 Å². The van der Waals surface area contributed by atoms with E-state index >= 15 is 0 Å². The van der Waals surface area contributed by atoms with Crippen LogP contribution in [0, 0.1) is 0 Å². The molecule has 0 aliphatic carbocycles. The molecule has 0 saturated carbocycles. The standard InChI is InChI=1S/C18H19NO4.Li/c1-19(18(22)23-13-15-10-6-3-7-11-15)16(17(20)21)12-14-8-4-2-5-9-14;/h2-11,16H,12-13H2,1H3,(H,20,21);/q;+1/p-1/t16-;/m0./s1. The summed E-state index contributed by atoms with van der Waals surface area (Å²) in [5.41, 5.74) is 1.65. The van der Waals surface area contributed by atoms with Gasteiger partial charge in [-0.1, -0.05) is 60.7 Å². The van der Waals surface area contributed by atoms with Crippen LogP contribution in [0.25, 0.3) is 0 Å². The molecule has 0 fully saturated rings. The second-order valence-electron chi connectivity index (χ2n) is 5.18. The molecular formula is C18H18LiNO4. The fourth-order valence-corrected chi connectivity index (χ4v) is 2.16. The molecule has 0 aliphatic rings. The molecule has 5 nitrogen and oxygen atoms in total. The van der Waals surface area contributed by atoms with Crippen molar-refractivity contribution >= 4 is 12.1 Å². The van der Waals surface area contributed by atoms with E-state index in [2.05, 4.69) is 0 Å². The number of benzene rings is 2. The minimum absolute atomic E-state index is 0. The number of hydrogen-bond acceptors (Lipinski definition) is 4. The van der Waals surface area contributed by atoms with Crippen LogP contribution >= 0.6 is 0 Å². The van der Waals surface area contributed by atoms with Crippen molar-refractivity contribution in [3.8, 4) is 0 Å². The van der Waals surface area contributed by atoms with Gasteiger partial charge >= 0.3 is 25.0 Å². The number of amides is 1. The number of nitrogens with zero attached hydrogens (tertiary/aromatic N) is 1. The molecule has 0 N–H and O–H groups in total. The van der Waals surface area contributed by atoms with Crippen LogP contribution in [0.2, 0.25) is 0 Å². The van der Waals surface area contributed by atoms with Crippen LogP contribution in [0.3, 0.4) is 0 Å². The van der Waals surface area contributed by atoms with E-state index in [9.17, 15) is 14.7 Å². The Kier molecular flexibility index (Phi) is 8.11. The normalized spacial score (nSPS) is 11.0. The molecule has 0 radical (unpaired) electrons. The maximum Gasteiger partial charge on any atom is 1.00 e. The van der Waals surface area contributed by atoms with Crippen LogP contribution in [0.4, 0.5) is 4.79 Å². The summed E-state index contributed by atoms with van der Waals surface area (Å²) in [6.07, 6.45) is -0.529. The predicted molar refractivity (Wildman–Crippen MR) is 83.3 cm³/mol. The number of carboxylic acids is 1. The molecular weight excluding hydrogens is 301 g/mol. The Labute approximate surface area is 153 Å². The Morgan fingerprint density at radius 1 is 1.00 bits per heavy atom. The summed E-state index contributed by atoms with van der Waals surface area (Å²) in [5.74, 6) is -1.31. The van der Waals surface area contributed by atoms with Crippen molar-refractivity contribution in [1.29, 1.82) is 0 Å². The van der Waals surface area contributed by atoms with Gasteiger partial charge < -0.3 is 19.5 Å². The summed E-state index contributed by atoms with van der Waals surface area (Å²) >= 11 is 0. The molecule has 0 heterocycles. The zero-order chi connectivity index (χ0) is 16.7. The molecule has 2 rings (SSSR count). The van der Waals surface area contributed by atoms with E-state index in [1.54, 1.807) is 12.1 Å². The number of aliphatic carboxylic acids is 1. The topological polar surface area (TPSA) is 69.7 Å². The zero-order valence-electron chi connectivity index (χ0n) is 13.8. The Bertz CT molecular complexity index is 649. The molecule has 0 aliphatic heterocycles. The number of carbonyl (C=O) groups excluding carboxylic acids is 2. The van der Waals surface area contributed by atoms with E-state index in [4.69, 9.17) is 4.74 Å². The SMILES string of the molecule is CN(C(=O)OCc1ccccc1)[C@@H](Cc1ccccc1)C(=O)[O-].[Li+]. The van der Waals surface area contributed by atoms with Gasteiger partial charge in [-0.25, -0.2) is 4.79 Å². The van der Waals surface area contributed by atoms with Gasteiger partial charge in [0.2, 0.25) is 0 Å². The monoisotopic (exact) mass is 319 g/mol. The Balaban J connectivity index is 0.00000288. The molecule has 2 aromatic carbocycles. The molecule has 0 spiro atoms. The second kappa shape index (κ2) is 9.81. The fourth-order valence-electron chi connectivity index (χ4n) is 2.16. The first-order valence-electron chi connectivity index (χ1n) is 7.26. The summed E-state index contributed by atoms with van der Waals surface area (Å²) in [5, 5.41) is 11.4. The van der Waals surface area contributed by atoms with Gasteiger partial charge in [0, 0.05) is 7.05 Å². The summed E-state index contributed by atoms with van der Waals surface area (Å²) < 4.78 is 5.15. The minimum Gasteiger partial charge on any atom is -0.548 e. The van der Waals surface area contributed by atoms with Crippen LogP contribution in [0.15, 0.2) is 60.7 Å². The van der Waals surface area contributed by atoms with E-state index in [0.29, 0.717) is 0 Å². The smallest absolute Gasteiger partial charge is 0.548 e. The molecule has 0 saturated heterocycles. The Hall–Kier alpha value is -2.22. The summed E-state index contributed by atoms with van der Waals surface area (Å²) in [6.45, 7) is 0.0924. The summed E-state index contributed by atoms with van der Waals surface area (Å²) in [4.78, 5) is 24.5. The van der Waals surface area contributed by atoms with E-state index in [1.165, 1.54) is 7.05 Å². The zero-order valence-corrected chi connectivity index (χ0v) is 13.8. The van der Waals surface area contributed by atoms with Crippen LogP contribution in [0.5, 0.6) is 0 Å². The average Bonchev–Trinajstić information content (AvgIpc) is 2.58. The van der Waals surface area contributed by atoms with E-state index in [1.807, 2.05) is 48.5 Å². The van der Waals surface area contributed by atoms with Crippen molar-refractivity contribution in [2.24, 2.45) is 0 Å². The van der Waals surface area contributed by atoms with Crippen LogP contribution < -0.4 is 24.0 Å². The third-order valence-electron chi connectivity index (χ3n) is 3.50. The van der Waals surface area contributed by atoms with Gasteiger partial charge in [0.25, 0.3) is 0 Å². The van der Waals surface area contributed by atoms with Gasteiger partial charge in [-0.3, -0.25) is 0 Å². The van der Waals surface area contributed by atoms with Gasteiger partial charge in [0.15, 0.2) is 0 Å². The van der Waals surface area contributed by atoms with Crippen molar-refractivity contribution in [2.75, 3.05) is 7.05 Å². The minimum atomic E-state index is -1.31. The van der Waals surface area contributed by atoms with Gasteiger partial charge in [-0.2, -0.15) is 0 Å². The molecule has 120 valence electrons. The number of hydrogen-bond donors (Lipinski definition) is 0. The Morgan fingerprint density at radius 3 is 2.00 bits per heavy atom. The fraction of sp³-hybridized carbons (Fsp3) is 0.222. The van der Waals surface area contributed by atoms with Crippen molar-refractivity contribution in [3.05, 3.63) is 71.8 Å². The first kappa shape index (κ1) is 19.8. The molecule has 1 atom stereocenters. The van der Waals surface area contributed by atoms with Gasteiger partial charge in [-0.15, -0.1) is 0 Å². The van der Waals surface area contributed by atoms with E-state index in [-0.39, 0.29) is 31.9 Å². The number of ether oxygens (including phenoxy) is 1. The average molecular weight is 319 g/mol. The molecule has 6 heteroatoms. The van der Waals surface area contributed by atoms with Gasteiger partial charge in [-0.05, 0) is 17.5 Å². The molecule has 24 heavy (non-hydrogen) atoms. The number of carbonyl (C=O) groups is 2. The van der Waals surface area contributed by atoms with Crippen molar-refractivity contribution in [3.63, 3.8) is 0 Å². The van der Waals surface area contributed by atoms with Crippen molar-refractivity contribution in [1.82, 2.24) is 4.90 Å². The maximum atomic E-state index is 12.1. The largest absolute Gasteiger partial charge is 1.00 e. The number of likely N-dealkylation sites (N-methyl/N-ethyl adjacent to an activating group) is 1. The molecule has 0 bridgehead atoms. The van der Waals surface area contributed by atoms with Gasteiger partial charge in [0.1, 0.15) is 6.61 Å². The van der Waals surface area contributed by atoms with Crippen LogP contribution in [0.1, 0.15) is 11.1 Å². The molecule has 0 aromatic heterocycles. The third kappa shape index (κ3) is 5.77. The first-order valence-corrected chi connectivity index (χ1v) is 7.26. The third-order valence-corrected chi connectivity index (χ3v) is 3.50. The second-order valence-corrected chi connectivity index (χ2v) is 5.18. The van der Waals surface area contributed by atoms with E-state index in [0.717, 1.165) is 16.0 Å².